The highest BCUT2D eigenvalue weighted by molar-refractivity contribution is 7.89. The molecule has 10 nitrogen and oxygen atoms in total. The van der Waals surface area contributed by atoms with Crippen LogP contribution in [0, 0.1) is 20.8 Å². The third-order valence-corrected chi connectivity index (χ3v) is 8.65. The summed E-state index contributed by atoms with van der Waals surface area (Å²) in [6.45, 7) is 6.63. The van der Waals surface area contributed by atoms with Crippen molar-refractivity contribution in [3.05, 3.63) is 71.3 Å². The Bertz CT molecular complexity index is 1630. The Morgan fingerprint density at radius 3 is 2.26 bits per heavy atom. The molecule has 196 valence electrons. The molecule has 1 saturated heterocycles. The zero-order chi connectivity index (χ0) is 27.0. The van der Waals surface area contributed by atoms with Crippen LogP contribution >= 0.6 is 0 Å². The van der Waals surface area contributed by atoms with Gasteiger partial charge < -0.3 is 15.3 Å². The largest absolute Gasteiger partial charge is 0.465 e. The van der Waals surface area contributed by atoms with Gasteiger partial charge >= 0.3 is 6.09 Å². The van der Waals surface area contributed by atoms with Gasteiger partial charge in [-0.05, 0) is 78.9 Å². The number of rotatable bonds is 5. The molecule has 1 aromatic heterocycles. The molecule has 0 unspecified atom stereocenters. The van der Waals surface area contributed by atoms with Gasteiger partial charge in [0.25, 0.3) is 0 Å². The summed E-state index contributed by atoms with van der Waals surface area (Å²) in [5, 5.41) is 20.8. The molecule has 1 aliphatic heterocycles. The first-order valence-electron chi connectivity index (χ1n) is 12.2. The van der Waals surface area contributed by atoms with Crippen LogP contribution in [0.1, 0.15) is 16.7 Å². The number of hydrogen-bond donors (Lipinski definition) is 2. The first-order chi connectivity index (χ1) is 18.1. The maximum Gasteiger partial charge on any atom is 0.407 e. The Morgan fingerprint density at radius 1 is 0.895 bits per heavy atom. The van der Waals surface area contributed by atoms with Crippen LogP contribution in [0.15, 0.2) is 59.5 Å². The van der Waals surface area contributed by atoms with Crippen molar-refractivity contribution in [2.75, 3.05) is 31.5 Å². The summed E-state index contributed by atoms with van der Waals surface area (Å²) in [5.74, 6) is 0.255. The van der Waals surface area contributed by atoms with E-state index in [4.69, 9.17) is 5.11 Å². The third-order valence-electron chi connectivity index (χ3n) is 6.76. The van der Waals surface area contributed by atoms with Gasteiger partial charge in [0.1, 0.15) is 5.52 Å². The number of piperazine rings is 1. The minimum Gasteiger partial charge on any atom is -0.465 e. The smallest absolute Gasteiger partial charge is 0.407 e. The van der Waals surface area contributed by atoms with Crippen molar-refractivity contribution in [3.8, 4) is 11.1 Å². The second-order valence-electron chi connectivity index (χ2n) is 9.39. The van der Waals surface area contributed by atoms with Crippen molar-refractivity contribution < 1.29 is 18.3 Å². The Hall–Kier alpha value is -4.09. The van der Waals surface area contributed by atoms with Crippen LogP contribution in [0.25, 0.3) is 22.2 Å². The van der Waals surface area contributed by atoms with E-state index in [1.165, 1.54) is 38.0 Å². The van der Waals surface area contributed by atoms with E-state index in [1.807, 2.05) is 19.1 Å². The summed E-state index contributed by atoms with van der Waals surface area (Å²) in [6.07, 6.45) is -1.05. The monoisotopic (exact) mass is 532 g/mol. The minimum absolute atomic E-state index is 0.104. The molecular formula is C27H28N6O4S. The number of hydrogen-bond acceptors (Lipinski definition) is 7. The molecule has 1 aliphatic rings. The molecule has 0 bridgehead atoms. The van der Waals surface area contributed by atoms with Gasteiger partial charge in [-0.1, -0.05) is 24.3 Å². The van der Waals surface area contributed by atoms with Crippen LogP contribution in [-0.2, 0) is 10.0 Å². The highest BCUT2D eigenvalue weighted by atomic mass is 32.2. The number of anilines is 2. The van der Waals surface area contributed by atoms with Crippen molar-refractivity contribution >= 4 is 38.8 Å². The summed E-state index contributed by atoms with van der Waals surface area (Å²) in [4.78, 5) is 17.1. The number of carboxylic acid groups (broad SMARTS) is 1. The van der Waals surface area contributed by atoms with Gasteiger partial charge in [0.05, 0.1) is 10.4 Å². The zero-order valence-electron chi connectivity index (χ0n) is 21.3. The average molecular weight is 533 g/mol. The summed E-state index contributed by atoms with van der Waals surface area (Å²) in [7, 11) is -3.79. The number of amides is 1. The third kappa shape index (κ3) is 4.90. The van der Waals surface area contributed by atoms with Gasteiger partial charge in [-0.3, -0.25) is 0 Å². The van der Waals surface area contributed by atoms with Crippen molar-refractivity contribution in [3.63, 3.8) is 0 Å². The lowest BCUT2D eigenvalue weighted by Gasteiger charge is -2.32. The first-order valence-corrected chi connectivity index (χ1v) is 13.6. The number of fused-ring (bicyclic) bond motifs is 1. The molecule has 0 aliphatic carbocycles. The van der Waals surface area contributed by atoms with E-state index in [2.05, 4.69) is 52.5 Å². The number of aromatic nitrogens is 3. The molecule has 1 amide bonds. The molecule has 0 atom stereocenters. The van der Waals surface area contributed by atoms with Crippen LogP contribution < -0.4 is 5.32 Å². The average Bonchev–Trinajstić information content (AvgIpc) is 2.89. The summed E-state index contributed by atoms with van der Waals surface area (Å²) in [6, 6.07) is 16.7. The highest BCUT2D eigenvalue weighted by Gasteiger charge is 2.30. The SMILES string of the molecule is Cc1cccc(C)c1-c1cc(C)c2nc(Nc3cccc(S(=O)(=O)N4CCN(C(=O)O)CC4)c3)nnc2c1. The van der Waals surface area contributed by atoms with Gasteiger partial charge in [-0.15, -0.1) is 10.2 Å². The fraction of sp³-hybridized carbons (Fsp3) is 0.259. The fourth-order valence-electron chi connectivity index (χ4n) is 4.81. The number of aryl methyl sites for hydroxylation is 3. The number of carbonyl (C=O) groups is 1. The molecule has 5 rings (SSSR count). The van der Waals surface area contributed by atoms with Crippen molar-refractivity contribution in [1.82, 2.24) is 24.4 Å². The van der Waals surface area contributed by atoms with E-state index in [0.29, 0.717) is 16.7 Å². The van der Waals surface area contributed by atoms with Gasteiger partial charge in [0, 0.05) is 31.9 Å². The number of benzene rings is 3. The van der Waals surface area contributed by atoms with Crippen LogP contribution in [0.2, 0.25) is 0 Å². The minimum atomic E-state index is -3.79. The Labute approximate surface area is 221 Å². The van der Waals surface area contributed by atoms with E-state index in [9.17, 15) is 13.2 Å². The van der Waals surface area contributed by atoms with Crippen molar-refractivity contribution in [2.24, 2.45) is 0 Å². The number of sulfonamides is 1. The summed E-state index contributed by atoms with van der Waals surface area (Å²) >= 11 is 0. The Kier molecular flexibility index (Phi) is 6.72. The molecule has 11 heteroatoms. The maximum atomic E-state index is 13.2. The molecule has 0 spiro atoms. The van der Waals surface area contributed by atoms with Crippen LogP contribution in [0.5, 0.6) is 0 Å². The second kappa shape index (κ2) is 9.99. The molecule has 38 heavy (non-hydrogen) atoms. The van der Waals surface area contributed by atoms with Crippen LogP contribution in [0.3, 0.4) is 0 Å². The first kappa shape index (κ1) is 25.6. The topological polar surface area (TPSA) is 129 Å². The van der Waals surface area contributed by atoms with Gasteiger partial charge in [-0.2, -0.15) is 4.31 Å². The van der Waals surface area contributed by atoms with E-state index < -0.39 is 16.1 Å². The zero-order valence-corrected chi connectivity index (χ0v) is 22.2. The predicted molar refractivity (Wildman–Crippen MR) is 145 cm³/mol. The Morgan fingerprint density at radius 2 is 1.58 bits per heavy atom. The van der Waals surface area contributed by atoms with E-state index >= 15 is 0 Å². The molecule has 1 fully saturated rings. The number of nitrogens with zero attached hydrogens (tertiary/aromatic N) is 5. The second-order valence-corrected chi connectivity index (χ2v) is 11.3. The lowest BCUT2D eigenvalue weighted by Crippen LogP contribution is -2.50. The van der Waals surface area contributed by atoms with E-state index in [1.54, 1.807) is 12.1 Å². The molecule has 0 radical (unpaired) electrons. The van der Waals surface area contributed by atoms with E-state index in [-0.39, 0.29) is 37.0 Å². The van der Waals surface area contributed by atoms with Gasteiger partial charge in [0.15, 0.2) is 0 Å². The predicted octanol–water partition coefficient (Wildman–Crippen LogP) is 4.34. The molecule has 0 saturated carbocycles. The van der Waals surface area contributed by atoms with Gasteiger partial charge in [0.2, 0.25) is 16.0 Å². The Balaban J connectivity index is 1.39. The van der Waals surface area contributed by atoms with Crippen LogP contribution in [0.4, 0.5) is 16.4 Å². The molecule has 2 heterocycles. The van der Waals surface area contributed by atoms with Crippen LogP contribution in [-0.4, -0.2) is 70.2 Å². The summed E-state index contributed by atoms with van der Waals surface area (Å²) in [5.41, 5.74) is 7.43. The maximum absolute atomic E-state index is 13.2. The van der Waals surface area contributed by atoms with Gasteiger partial charge in [-0.25, -0.2) is 18.2 Å². The lowest BCUT2D eigenvalue weighted by atomic mass is 9.94. The summed E-state index contributed by atoms with van der Waals surface area (Å²) < 4.78 is 27.6. The van der Waals surface area contributed by atoms with Crippen molar-refractivity contribution in [2.45, 2.75) is 25.7 Å². The molecular weight excluding hydrogens is 504 g/mol. The normalized spacial score (nSPS) is 14.6. The van der Waals surface area contributed by atoms with Crippen molar-refractivity contribution in [1.29, 1.82) is 0 Å². The standard InChI is InChI=1S/C27H28N6O4S/c1-17-6-4-7-18(2)24(17)20-14-19(3)25-23(15-20)30-31-26(29-25)28-21-8-5-9-22(16-21)38(36,37)33-12-10-32(11-13-33)27(34)35/h4-9,14-16H,10-13H2,1-3H3,(H,34,35)(H,28,29,31). The lowest BCUT2D eigenvalue weighted by molar-refractivity contribution is 0.126. The molecule has 4 aromatic rings. The quantitative estimate of drug-likeness (QED) is 0.388. The highest BCUT2D eigenvalue weighted by Crippen LogP contribution is 2.31. The number of nitrogens with one attached hydrogen (secondary N) is 1. The fourth-order valence-corrected chi connectivity index (χ4v) is 6.28. The molecule has 3 aromatic carbocycles. The van der Waals surface area contributed by atoms with E-state index in [0.717, 1.165) is 11.1 Å². The molecule has 2 N–H and O–H groups in total.